The average molecular weight is 497 g/mol. The van der Waals surface area contributed by atoms with Crippen molar-refractivity contribution in [3.05, 3.63) is 76.0 Å². The zero-order valence-electron chi connectivity index (χ0n) is 17.7. The highest BCUT2D eigenvalue weighted by molar-refractivity contribution is 9.10. The number of nitrogens with one attached hydrogen (secondary N) is 2. The Morgan fingerprint density at radius 3 is 2.56 bits per heavy atom. The molecule has 4 rings (SSSR count). The van der Waals surface area contributed by atoms with Crippen LogP contribution >= 0.6 is 15.9 Å². The van der Waals surface area contributed by atoms with Gasteiger partial charge < -0.3 is 20.1 Å². The van der Waals surface area contributed by atoms with Gasteiger partial charge in [-0.15, -0.1) is 0 Å². The number of urea groups is 1. The summed E-state index contributed by atoms with van der Waals surface area (Å²) in [6.45, 7) is 1.67. The summed E-state index contributed by atoms with van der Waals surface area (Å²) in [5.41, 5.74) is 3.69. The van der Waals surface area contributed by atoms with Gasteiger partial charge in [0.2, 0.25) is 0 Å². The van der Waals surface area contributed by atoms with Gasteiger partial charge in [0.05, 0.1) is 41.7 Å². The number of nitrogens with zero attached hydrogens (tertiary/aromatic N) is 2. The topological polar surface area (TPSA) is 94.5 Å². The van der Waals surface area contributed by atoms with Gasteiger partial charge in [0, 0.05) is 23.0 Å². The number of methoxy groups -OCH3 is 2. The number of carbonyl (C=O) groups is 2. The van der Waals surface area contributed by atoms with E-state index >= 15 is 0 Å². The Balaban J connectivity index is 1.91. The Bertz CT molecular complexity index is 1220. The monoisotopic (exact) mass is 496 g/mol. The third kappa shape index (κ3) is 3.99. The maximum Gasteiger partial charge on any atom is 0.337 e. The number of hydrogen-bond donors (Lipinski definition) is 2. The molecule has 0 spiro atoms. The molecule has 1 aliphatic rings. The number of benzene rings is 2. The molecule has 0 fully saturated rings. The van der Waals surface area contributed by atoms with Crippen molar-refractivity contribution in [1.82, 2.24) is 20.4 Å². The van der Waals surface area contributed by atoms with E-state index in [-0.39, 0.29) is 0 Å². The summed E-state index contributed by atoms with van der Waals surface area (Å²) in [6, 6.07) is 14.0. The Hall–Kier alpha value is -3.59. The van der Waals surface area contributed by atoms with E-state index in [0.29, 0.717) is 28.3 Å². The van der Waals surface area contributed by atoms with Crippen molar-refractivity contribution >= 4 is 27.9 Å². The zero-order valence-corrected chi connectivity index (χ0v) is 19.3. The molecule has 0 saturated carbocycles. The summed E-state index contributed by atoms with van der Waals surface area (Å²) < 4.78 is 12.8. The molecule has 8 nitrogen and oxygen atoms in total. The van der Waals surface area contributed by atoms with Gasteiger partial charge in [-0.05, 0) is 41.1 Å². The van der Waals surface area contributed by atoms with Crippen LogP contribution in [-0.2, 0) is 9.53 Å². The number of carbonyl (C=O) groups excluding carboxylic acids is 2. The maximum atomic E-state index is 12.6. The molecule has 2 amide bonds. The zero-order chi connectivity index (χ0) is 22.8. The van der Waals surface area contributed by atoms with E-state index in [9.17, 15) is 9.59 Å². The molecule has 0 bridgehead atoms. The van der Waals surface area contributed by atoms with E-state index < -0.39 is 18.0 Å². The van der Waals surface area contributed by atoms with Crippen molar-refractivity contribution in [2.24, 2.45) is 0 Å². The molecule has 1 aromatic heterocycles. The number of allylic oxidation sites excluding steroid dienone is 1. The van der Waals surface area contributed by atoms with Crippen molar-refractivity contribution < 1.29 is 19.1 Å². The lowest BCUT2D eigenvalue weighted by Crippen LogP contribution is -2.45. The lowest BCUT2D eigenvalue weighted by molar-refractivity contribution is -0.136. The predicted octanol–water partition coefficient (Wildman–Crippen LogP) is 4.11. The second kappa shape index (κ2) is 8.88. The van der Waals surface area contributed by atoms with Crippen LogP contribution < -0.4 is 15.4 Å². The van der Waals surface area contributed by atoms with Gasteiger partial charge in [-0.1, -0.05) is 30.3 Å². The van der Waals surface area contributed by atoms with Gasteiger partial charge in [-0.3, -0.25) is 0 Å². The number of hydrogen-bond acceptors (Lipinski definition) is 5. The summed E-state index contributed by atoms with van der Waals surface area (Å²) in [5.74, 6) is 0.167. The summed E-state index contributed by atoms with van der Waals surface area (Å²) >= 11 is 3.51. The van der Waals surface area contributed by atoms with Crippen LogP contribution in [0.4, 0.5) is 4.79 Å². The second-order valence-electron chi connectivity index (χ2n) is 7.12. The smallest absolute Gasteiger partial charge is 0.337 e. The van der Waals surface area contributed by atoms with Gasteiger partial charge in [-0.2, -0.15) is 5.10 Å². The highest BCUT2D eigenvalue weighted by Gasteiger charge is 2.35. The van der Waals surface area contributed by atoms with Crippen molar-refractivity contribution in [3.63, 3.8) is 0 Å². The molecule has 3 aromatic rings. The molecule has 32 heavy (non-hydrogen) atoms. The molecular formula is C23H21BrN4O4. The minimum absolute atomic E-state index is 0.319. The molecule has 2 N–H and O–H groups in total. The summed E-state index contributed by atoms with van der Waals surface area (Å²) in [4.78, 5) is 24.9. The third-order valence-electron chi connectivity index (χ3n) is 5.18. The van der Waals surface area contributed by atoms with E-state index in [1.807, 2.05) is 54.7 Å². The number of amides is 2. The average Bonchev–Trinajstić information content (AvgIpc) is 3.24. The predicted molar refractivity (Wildman–Crippen MR) is 122 cm³/mol. The first-order valence-corrected chi connectivity index (χ1v) is 10.6. The molecule has 164 valence electrons. The molecule has 1 atom stereocenters. The van der Waals surface area contributed by atoms with E-state index in [0.717, 1.165) is 15.7 Å². The molecule has 0 radical (unpaired) electrons. The van der Waals surface area contributed by atoms with Gasteiger partial charge in [-0.25, -0.2) is 14.3 Å². The second-order valence-corrected chi connectivity index (χ2v) is 7.98. The summed E-state index contributed by atoms with van der Waals surface area (Å²) in [6.07, 6.45) is 1.81. The fourth-order valence-electron chi connectivity index (χ4n) is 3.66. The molecule has 1 unspecified atom stereocenters. The third-order valence-corrected chi connectivity index (χ3v) is 5.79. The number of esters is 1. The van der Waals surface area contributed by atoms with Gasteiger partial charge >= 0.3 is 12.0 Å². The molecule has 2 heterocycles. The van der Waals surface area contributed by atoms with Gasteiger partial charge in [0.25, 0.3) is 0 Å². The lowest BCUT2D eigenvalue weighted by Gasteiger charge is -2.27. The van der Waals surface area contributed by atoms with E-state index in [1.165, 1.54) is 7.11 Å². The van der Waals surface area contributed by atoms with Crippen molar-refractivity contribution in [2.75, 3.05) is 14.2 Å². The highest BCUT2D eigenvalue weighted by Crippen LogP contribution is 2.35. The maximum absolute atomic E-state index is 12.6. The standard InChI is InChI=1S/C23H21BrN4O4/c1-13-19(22(29)32-3)21(26-23(30)25-13)16-12-28(15-9-10-18(31-2)17(24)11-15)27-20(16)14-7-5-4-6-8-14/h4-12,21H,1-3H3,(H2,25,26,30). The Kier molecular flexibility index (Phi) is 6.00. The first-order valence-electron chi connectivity index (χ1n) is 9.78. The van der Waals surface area contributed by atoms with Crippen molar-refractivity contribution in [1.29, 1.82) is 0 Å². The Labute approximate surface area is 193 Å². The van der Waals surface area contributed by atoms with Crippen LogP contribution in [0.2, 0.25) is 0 Å². The number of ether oxygens (including phenoxy) is 2. The van der Waals surface area contributed by atoms with Crippen LogP contribution in [0, 0.1) is 0 Å². The number of rotatable bonds is 5. The van der Waals surface area contributed by atoms with E-state index in [2.05, 4.69) is 26.6 Å². The Morgan fingerprint density at radius 2 is 1.91 bits per heavy atom. The SMILES string of the molecule is COC(=O)C1=C(C)NC(=O)NC1c1cn(-c2ccc(OC)c(Br)c2)nc1-c1ccccc1. The number of aromatic nitrogens is 2. The lowest BCUT2D eigenvalue weighted by atomic mass is 9.94. The van der Waals surface area contributed by atoms with Crippen LogP contribution in [0.1, 0.15) is 18.5 Å². The van der Waals surface area contributed by atoms with E-state index in [4.69, 9.17) is 14.6 Å². The largest absolute Gasteiger partial charge is 0.496 e. The van der Waals surface area contributed by atoms with Crippen LogP contribution in [0.15, 0.2) is 70.5 Å². The fourth-order valence-corrected chi connectivity index (χ4v) is 4.19. The van der Waals surface area contributed by atoms with E-state index in [1.54, 1.807) is 18.7 Å². The summed E-state index contributed by atoms with van der Waals surface area (Å²) in [7, 11) is 2.91. The summed E-state index contributed by atoms with van der Waals surface area (Å²) in [5, 5.41) is 10.3. The minimum atomic E-state index is -0.734. The fraction of sp³-hybridized carbons (Fsp3) is 0.174. The molecule has 2 aromatic carbocycles. The quantitative estimate of drug-likeness (QED) is 0.518. The van der Waals surface area contributed by atoms with Crippen LogP contribution in [0.25, 0.3) is 16.9 Å². The van der Waals surface area contributed by atoms with Crippen molar-refractivity contribution in [3.8, 4) is 22.7 Å². The number of halogens is 1. The molecule has 1 aliphatic heterocycles. The first-order chi connectivity index (χ1) is 15.4. The molecule has 9 heteroatoms. The normalized spacial score (nSPS) is 15.8. The van der Waals surface area contributed by atoms with Crippen molar-refractivity contribution in [2.45, 2.75) is 13.0 Å². The minimum Gasteiger partial charge on any atom is -0.496 e. The first kappa shape index (κ1) is 21.6. The molecular weight excluding hydrogens is 476 g/mol. The van der Waals surface area contributed by atoms with Crippen LogP contribution in [-0.4, -0.2) is 36.0 Å². The highest BCUT2D eigenvalue weighted by atomic mass is 79.9. The molecule has 0 aliphatic carbocycles. The van der Waals surface area contributed by atoms with Crippen LogP contribution in [0.5, 0.6) is 5.75 Å². The van der Waals surface area contributed by atoms with Gasteiger partial charge in [0.1, 0.15) is 5.75 Å². The molecule has 0 saturated heterocycles. The van der Waals surface area contributed by atoms with Crippen LogP contribution in [0.3, 0.4) is 0 Å². The Morgan fingerprint density at radius 1 is 1.16 bits per heavy atom. The van der Waals surface area contributed by atoms with Gasteiger partial charge in [0.15, 0.2) is 0 Å².